The van der Waals surface area contributed by atoms with E-state index in [1.165, 1.54) is 5.56 Å². The fraction of sp³-hybridized carbons (Fsp3) is 0.130. The Bertz CT molecular complexity index is 980. The highest BCUT2D eigenvalue weighted by molar-refractivity contribution is 9.10. The third-order valence-corrected chi connectivity index (χ3v) is 4.88. The number of rotatable bonds is 7. The summed E-state index contributed by atoms with van der Waals surface area (Å²) in [5.41, 5.74) is 4.33. The van der Waals surface area contributed by atoms with Crippen LogP contribution < -0.4 is 4.74 Å². The molecule has 0 fully saturated rings. The van der Waals surface area contributed by atoms with Crippen molar-refractivity contribution in [3.05, 3.63) is 93.5 Å². The number of carboxylic acid groups (broad SMARTS) is 1. The highest BCUT2D eigenvalue weighted by Gasteiger charge is 2.05. The van der Waals surface area contributed by atoms with Gasteiger partial charge in [-0.25, -0.2) is 4.79 Å². The van der Waals surface area contributed by atoms with E-state index in [4.69, 9.17) is 9.84 Å². The van der Waals surface area contributed by atoms with Gasteiger partial charge in [-0.3, -0.25) is 4.99 Å². The van der Waals surface area contributed by atoms with Gasteiger partial charge in [0.2, 0.25) is 0 Å². The molecule has 0 saturated carbocycles. The minimum absolute atomic E-state index is 0.262. The average molecular weight is 438 g/mol. The van der Waals surface area contributed by atoms with Crippen LogP contribution in [0.2, 0.25) is 0 Å². The van der Waals surface area contributed by atoms with Gasteiger partial charge in [-0.15, -0.1) is 0 Å². The molecule has 4 nitrogen and oxygen atoms in total. The molecule has 3 aromatic carbocycles. The van der Waals surface area contributed by atoms with Gasteiger partial charge in [0.15, 0.2) is 0 Å². The molecule has 3 rings (SSSR count). The Kier molecular flexibility index (Phi) is 6.61. The molecule has 0 bridgehead atoms. The summed E-state index contributed by atoms with van der Waals surface area (Å²) in [6.45, 7) is 2.49. The van der Waals surface area contributed by atoms with E-state index in [1.54, 1.807) is 24.3 Å². The predicted molar refractivity (Wildman–Crippen MR) is 115 cm³/mol. The maximum absolute atomic E-state index is 10.9. The molecule has 0 heterocycles. The van der Waals surface area contributed by atoms with Crippen LogP contribution >= 0.6 is 15.9 Å². The molecule has 0 aliphatic heterocycles. The molecule has 5 heteroatoms. The summed E-state index contributed by atoms with van der Waals surface area (Å²) in [6, 6.07) is 20.6. The molecule has 0 atom stereocenters. The van der Waals surface area contributed by atoms with Crippen LogP contribution in [0.25, 0.3) is 0 Å². The normalized spacial score (nSPS) is 10.9. The highest BCUT2D eigenvalue weighted by atomic mass is 79.9. The number of aromatic carboxylic acids is 1. The highest BCUT2D eigenvalue weighted by Crippen LogP contribution is 2.27. The Balaban J connectivity index is 1.63. The Morgan fingerprint density at radius 2 is 1.71 bits per heavy atom. The first-order valence-electron chi connectivity index (χ1n) is 8.92. The molecule has 1 N–H and O–H groups in total. The standard InChI is InChI=1S/C23H20BrNO3/c1-2-16-5-10-20(11-6-16)25-14-18-7-12-22(21(24)13-18)28-15-17-3-8-19(9-4-17)23(26)27/h3-14H,2,15H2,1H3,(H,26,27). The monoisotopic (exact) mass is 437 g/mol. The van der Waals surface area contributed by atoms with Crippen molar-refractivity contribution in [1.82, 2.24) is 0 Å². The fourth-order valence-electron chi connectivity index (χ4n) is 2.59. The number of aryl methyl sites for hydroxylation is 1. The van der Waals surface area contributed by atoms with E-state index in [2.05, 4.69) is 40.0 Å². The number of hydrogen-bond donors (Lipinski definition) is 1. The first kappa shape index (κ1) is 19.8. The van der Waals surface area contributed by atoms with Crippen molar-refractivity contribution >= 4 is 33.8 Å². The summed E-state index contributed by atoms with van der Waals surface area (Å²) in [4.78, 5) is 15.4. The maximum atomic E-state index is 10.9. The second-order valence-corrected chi connectivity index (χ2v) is 7.11. The van der Waals surface area contributed by atoms with Gasteiger partial charge in [-0.2, -0.15) is 0 Å². The Morgan fingerprint density at radius 1 is 1.04 bits per heavy atom. The lowest BCUT2D eigenvalue weighted by Crippen LogP contribution is -1.99. The summed E-state index contributed by atoms with van der Waals surface area (Å²) in [5.74, 6) is -0.222. The summed E-state index contributed by atoms with van der Waals surface area (Å²) < 4.78 is 6.66. The van der Waals surface area contributed by atoms with Crippen LogP contribution in [-0.2, 0) is 13.0 Å². The number of halogens is 1. The molecular formula is C23H20BrNO3. The lowest BCUT2D eigenvalue weighted by atomic mass is 10.1. The van der Waals surface area contributed by atoms with Crippen LogP contribution in [0.1, 0.15) is 34.0 Å². The molecule has 0 spiro atoms. The number of carboxylic acids is 1. The number of ether oxygens (including phenoxy) is 1. The van der Waals surface area contributed by atoms with Gasteiger partial charge < -0.3 is 9.84 Å². The van der Waals surface area contributed by atoms with E-state index < -0.39 is 5.97 Å². The van der Waals surface area contributed by atoms with Crippen LogP contribution in [-0.4, -0.2) is 17.3 Å². The molecule has 3 aromatic rings. The van der Waals surface area contributed by atoms with Crippen molar-refractivity contribution in [2.45, 2.75) is 20.0 Å². The molecule has 0 aliphatic carbocycles. The number of nitrogens with zero attached hydrogens (tertiary/aromatic N) is 1. The van der Waals surface area contributed by atoms with E-state index >= 15 is 0 Å². The second kappa shape index (κ2) is 9.33. The predicted octanol–water partition coefficient (Wildman–Crippen LogP) is 6.04. The van der Waals surface area contributed by atoms with E-state index in [0.29, 0.717) is 12.4 Å². The number of benzene rings is 3. The van der Waals surface area contributed by atoms with Crippen LogP contribution in [0.3, 0.4) is 0 Å². The van der Waals surface area contributed by atoms with Crippen molar-refractivity contribution in [1.29, 1.82) is 0 Å². The number of hydrogen-bond acceptors (Lipinski definition) is 3. The molecule has 0 saturated heterocycles. The van der Waals surface area contributed by atoms with E-state index in [-0.39, 0.29) is 5.56 Å². The van der Waals surface area contributed by atoms with Crippen LogP contribution in [0.4, 0.5) is 5.69 Å². The summed E-state index contributed by atoms with van der Waals surface area (Å²) >= 11 is 3.53. The molecule has 0 amide bonds. The molecule has 0 radical (unpaired) electrons. The van der Waals surface area contributed by atoms with Crippen LogP contribution in [0.15, 0.2) is 76.2 Å². The van der Waals surface area contributed by atoms with Gasteiger partial charge in [0.1, 0.15) is 12.4 Å². The fourth-order valence-corrected chi connectivity index (χ4v) is 3.10. The van der Waals surface area contributed by atoms with Crippen molar-refractivity contribution < 1.29 is 14.6 Å². The smallest absolute Gasteiger partial charge is 0.335 e. The van der Waals surface area contributed by atoms with Gasteiger partial charge in [0.25, 0.3) is 0 Å². The van der Waals surface area contributed by atoms with Gasteiger partial charge in [0.05, 0.1) is 15.7 Å². The van der Waals surface area contributed by atoms with Gasteiger partial charge in [-0.1, -0.05) is 31.2 Å². The summed E-state index contributed by atoms with van der Waals surface area (Å²) in [7, 11) is 0. The Labute approximate surface area is 172 Å². The third-order valence-electron chi connectivity index (χ3n) is 4.26. The minimum Gasteiger partial charge on any atom is -0.488 e. The van der Waals surface area contributed by atoms with Crippen molar-refractivity contribution in [3.8, 4) is 5.75 Å². The Hall–Kier alpha value is -2.92. The summed E-state index contributed by atoms with van der Waals surface area (Å²) in [5, 5.41) is 8.94. The molecule has 142 valence electrons. The number of carbonyl (C=O) groups is 1. The second-order valence-electron chi connectivity index (χ2n) is 6.26. The summed E-state index contributed by atoms with van der Waals surface area (Å²) in [6.07, 6.45) is 2.84. The molecule has 0 unspecified atom stereocenters. The largest absolute Gasteiger partial charge is 0.488 e. The molecule has 0 aromatic heterocycles. The quantitative estimate of drug-likeness (QED) is 0.458. The van der Waals surface area contributed by atoms with Crippen molar-refractivity contribution in [3.63, 3.8) is 0 Å². The van der Waals surface area contributed by atoms with Crippen molar-refractivity contribution in [2.75, 3.05) is 0 Å². The van der Waals surface area contributed by atoms with Crippen LogP contribution in [0.5, 0.6) is 5.75 Å². The van der Waals surface area contributed by atoms with Crippen LogP contribution in [0, 0.1) is 0 Å². The first-order valence-corrected chi connectivity index (χ1v) is 9.72. The van der Waals surface area contributed by atoms with E-state index in [1.807, 2.05) is 36.5 Å². The van der Waals surface area contributed by atoms with E-state index in [9.17, 15) is 4.79 Å². The lowest BCUT2D eigenvalue weighted by Gasteiger charge is -2.09. The zero-order valence-corrected chi connectivity index (χ0v) is 17.0. The first-order chi connectivity index (χ1) is 13.5. The van der Waals surface area contributed by atoms with Gasteiger partial charge in [-0.05, 0) is 81.5 Å². The van der Waals surface area contributed by atoms with Gasteiger partial charge >= 0.3 is 5.97 Å². The van der Waals surface area contributed by atoms with E-state index in [0.717, 1.165) is 27.7 Å². The Morgan fingerprint density at radius 3 is 2.32 bits per heavy atom. The zero-order valence-electron chi connectivity index (χ0n) is 15.4. The lowest BCUT2D eigenvalue weighted by molar-refractivity contribution is 0.0697. The number of aliphatic imine (C=N–C) groups is 1. The van der Waals surface area contributed by atoms with Crippen molar-refractivity contribution in [2.24, 2.45) is 4.99 Å². The zero-order chi connectivity index (χ0) is 19.9. The SMILES string of the molecule is CCc1ccc(N=Cc2ccc(OCc3ccc(C(=O)O)cc3)c(Br)c2)cc1. The topological polar surface area (TPSA) is 58.9 Å². The molecule has 0 aliphatic rings. The third kappa shape index (κ3) is 5.30. The molecule has 28 heavy (non-hydrogen) atoms. The maximum Gasteiger partial charge on any atom is 0.335 e. The minimum atomic E-state index is -0.936. The average Bonchev–Trinajstić information content (AvgIpc) is 2.72. The van der Waals surface area contributed by atoms with Gasteiger partial charge in [0, 0.05) is 6.21 Å². The molecular weight excluding hydrogens is 418 g/mol.